The number of amides is 1. The van der Waals surface area contributed by atoms with Crippen LogP contribution in [0, 0.1) is 0 Å². The van der Waals surface area contributed by atoms with E-state index < -0.39 is 13.0 Å². The fraction of sp³-hybridized carbons (Fsp3) is 0.514. The monoisotopic (exact) mass is 707 g/mol. The van der Waals surface area contributed by atoms with Crippen LogP contribution < -0.4 is 9.47 Å². The third kappa shape index (κ3) is 8.92. The van der Waals surface area contributed by atoms with Crippen molar-refractivity contribution in [2.24, 2.45) is 0 Å². The molecule has 0 spiro atoms. The Kier molecular flexibility index (Phi) is 13.8. The zero-order chi connectivity index (χ0) is 32.0. The maximum Gasteiger partial charge on any atom is 0.272 e. The largest absolute Gasteiger partial charge is 0.481 e. The summed E-state index contributed by atoms with van der Waals surface area (Å²) in [6.07, 6.45) is -0.364. The van der Waals surface area contributed by atoms with Crippen molar-refractivity contribution < 1.29 is 27.8 Å². The fourth-order valence-corrected chi connectivity index (χ4v) is 6.94. The molecule has 9 nitrogen and oxygen atoms in total. The first-order chi connectivity index (χ1) is 22.4. The van der Waals surface area contributed by atoms with Gasteiger partial charge < -0.3 is 19.1 Å². The molecule has 1 aliphatic carbocycles. The molecule has 3 fully saturated rings. The van der Waals surface area contributed by atoms with Crippen molar-refractivity contribution >= 4 is 30.7 Å². The lowest BCUT2D eigenvalue weighted by molar-refractivity contribution is -0.137. The Balaban J connectivity index is 0.00000260. The van der Waals surface area contributed by atoms with Gasteiger partial charge in [-0.25, -0.2) is 8.78 Å². The zero-order valence-electron chi connectivity index (χ0n) is 27.4. The Morgan fingerprint density at radius 2 is 1.54 bits per heavy atom. The van der Waals surface area contributed by atoms with E-state index in [0.29, 0.717) is 63.0 Å². The first-order valence-electron chi connectivity index (χ1n) is 16.2. The summed E-state index contributed by atoms with van der Waals surface area (Å²) in [5.41, 5.74) is 3.00. The van der Waals surface area contributed by atoms with E-state index >= 15 is 0 Å². The topological polar surface area (TPSA) is 80.3 Å². The standard InChI is InChI=1S/C35H43F2N5O4.2ClH/c1-44-18-15-31(43)41-16-17-42-27(20-41)19-40(22-29(42)32(24-9-5-3-6-10-24)25-11-7-4-8-12-25)21-28-34(45-2)38-33(26-13-14-26)39-35(28)46-23-30(36)37;;/h3-12,26-27,29-30,32H,13-23H2,1-2H3;2*1H/t27-,29?;;/m1../s1. The van der Waals surface area contributed by atoms with Gasteiger partial charge in [-0.3, -0.25) is 14.6 Å². The molecule has 13 heteroatoms. The smallest absolute Gasteiger partial charge is 0.272 e. The predicted octanol–water partition coefficient (Wildman–Crippen LogP) is 5.42. The molecule has 1 amide bonds. The van der Waals surface area contributed by atoms with Crippen LogP contribution in [-0.2, 0) is 16.1 Å². The molecule has 6 rings (SSSR count). The number of alkyl halides is 2. The van der Waals surface area contributed by atoms with Gasteiger partial charge in [0.25, 0.3) is 6.43 Å². The number of benzene rings is 2. The Hall–Kier alpha value is -3.09. The molecule has 3 aliphatic rings. The van der Waals surface area contributed by atoms with Crippen LogP contribution in [0.2, 0.25) is 0 Å². The van der Waals surface area contributed by atoms with Crippen molar-refractivity contribution in [3.63, 3.8) is 0 Å². The Morgan fingerprint density at radius 3 is 2.12 bits per heavy atom. The highest BCUT2D eigenvalue weighted by Gasteiger charge is 2.43. The Labute approximate surface area is 293 Å². The molecule has 0 bridgehead atoms. The lowest BCUT2D eigenvalue weighted by Crippen LogP contribution is -2.67. The average molecular weight is 709 g/mol. The van der Waals surface area contributed by atoms with Crippen molar-refractivity contribution in [3.05, 3.63) is 83.2 Å². The molecule has 1 saturated carbocycles. The molecular formula is C35H45Cl2F2N5O4. The van der Waals surface area contributed by atoms with Crippen LogP contribution in [0.1, 0.15) is 53.6 Å². The molecule has 262 valence electrons. The second-order valence-electron chi connectivity index (χ2n) is 12.4. The van der Waals surface area contributed by atoms with Crippen LogP contribution in [-0.4, -0.2) is 109 Å². The van der Waals surface area contributed by atoms with Gasteiger partial charge in [0.15, 0.2) is 6.61 Å². The van der Waals surface area contributed by atoms with Gasteiger partial charge >= 0.3 is 0 Å². The first kappa shape index (κ1) is 37.7. The number of methoxy groups -OCH3 is 2. The molecule has 0 radical (unpaired) electrons. The summed E-state index contributed by atoms with van der Waals surface area (Å²) in [7, 11) is 3.15. The van der Waals surface area contributed by atoms with Crippen LogP contribution in [0.3, 0.4) is 0 Å². The number of halogens is 4. The number of hydrogen-bond acceptors (Lipinski definition) is 8. The van der Waals surface area contributed by atoms with E-state index in [9.17, 15) is 13.6 Å². The molecule has 2 atom stereocenters. The van der Waals surface area contributed by atoms with Gasteiger partial charge in [-0.05, 0) is 24.0 Å². The molecule has 1 aromatic heterocycles. The number of nitrogens with zero attached hydrogens (tertiary/aromatic N) is 5. The van der Waals surface area contributed by atoms with Gasteiger partial charge in [0.2, 0.25) is 17.7 Å². The summed E-state index contributed by atoms with van der Waals surface area (Å²) >= 11 is 0. The number of rotatable bonds is 13. The molecule has 1 unspecified atom stereocenters. The molecule has 2 aromatic carbocycles. The summed E-state index contributed by atoms with van der Waals surface area (Å²) in [6.45, 7) is 3.37. The van der Waals surface area contributed by atoms with E-state index in [1.165, 1.54) is 11.1 Å². The summed E-state index contributed by atoms with van der Waals surface area (Å²) in [4.78, 5) is 29.3. The number of fused-ring (bicyclic) bond motifs is 1. The number of hydrogen-bond donors (Lipinski definition) is 0. The van der Waals surface area contributed by atoms with E-state index in [1.807, 2.05) is 17.0 Å². The van der Waals surface area contributed by atoms with Gasteiger partial charge in [0.05, 0.1) is 25.7 Å². The van der Waals surface area contributed by atoms with E-state index in [1.54, 1.807) is 14.2 Å². The second kappa shape index (κ2) is 17.5. The van der Waals surface area contributed by atoms with Crippen molar-refractivity contribution in [2.75, 3.05) is 60.2 Å². The minimum Gasteiger partial charge on any atom is -0.481 e. The van der Waals surface area contributed by atoms with Gasteiger partial charge in [-0.1, -0.05) is 60.7 Å². The SMILES string of the molecule is COCCC(=O)N1CCN2C(C(c3ccccc3)c3ccccc3)CN(Cc3c(OC)nc(C4CC4)nc3OCC(F)F)C[C@@H]2C1.Cl.Cl. The molecule has 3 heterocycles. The van der Waals surface area contributed by atoms with Crippen molar-refractivity contribution in [1.29, 1.82) is 0 Å². The molecular weight excluding hydrogens is 663 g/mol. The van der Waals surface area contributed by atoms with Crippen molar-refractivity contribution in [2.45, 2.75) is 56.2 Å². The fourth-order valence-electron chi connectivity index (χ4n) is 6.94. The average Bonchev–Trinajstić information content (AvgIpc) is 3.93. The molecule has 48 heavy (non-hydrogen) atoms. The normalized spacial score (nSPS) is 19.8. The number of piperazine rings is 2. The number of carbonyl (C=O) groups excluding carboxylic acids is 1. The summed E-state index contributed by atoms with van der Waals surface area (Å²) in [5, 5.41) is 0. The van der Waals surface area contributed by atoms with Gasteiger partial charge in [0, 0.05) is 70.3 Å². The van der Waals surface area contributed by atoms with Crippen LogP contribution in [0.4, 0.5) is 8.78 Å². The Morgan fingerprint density at radius 1 is 0.896 bits per heavy atom. The molecule has 2 saturated heterocycles. The van der Waals surface area contributed by atoms with Crippen LogP contribution in [0.5, 0.6) is 11.8 Å². The number of ether oxygens (including phenoxy) is 3. The van der Waals surface area contributed by atoms with E-state index in [4.69, 9.17) is 19.2 Å². The van der Waals surface area contributed by atoms with Crippen molar-refractivity contribution in [1.82, 2.24) is 24.7 Å². The molecule has 3 aromatic rings. The van der Waals surface area contributed by atoms with Gasteiger partial charge in [0.1, 0.15) is 5.82 Å². The number of carbonyl (C=O) groups is 1. The highest BCUT2D eigenvalue weighted by Crippen LogP contribution is 2.41. The zero-order valence-corrected chi connectivity index (χ0v) is 29.0. The van der Waals surface area contributed by atoms with Crippen molar-refractivity contribution in [3.8, 4) is 11.8 Å². The van der Waals surface area contributed by atoms with Gasteiger partial charge in [-0.15, -0.1) is 24.8 Å². The van der Waals surface area contributed by atoms with E-state index in [2.05, 4.69) is 63.3 Å². The maximum absolute atomic E-state index is 13.3. The van der Waals surface area contributed by atoms with Crippen LogP contribution >= 0.6 is 24.8 Å². The van der Waals surface area contributed by atoms with Crippen LogP contribution in [0.25, 0.3) is 0 Å². The minimum absolute atomic E-state index is 0. The highest BCUT2D eigenvalue weighted by atomic mass is 35.5. The third-order valence-electron chi connectivity index (χ3n) is 9.26. The summed E-state index contributed by atoms with van der Waals surface area (Å²) in [5.74, 6) is 1.46. The lowest BCUT2D eigenvalue weighted by atomic mass is 9.81. The van der Waals surface area contributed by atoms with E-state index in [0.717, 1.165) is 19.4 Å². The quantitative estimate of drug-likeness (QED) is 0.233. The minimum atomic E-state index is -2.63. The second-order valence-corrected chi connectivity index (χ2v) is 12.4. The number of aromatic nitrogens is 2. The summed E-state index contributed by atoms with van der Waals surface area (Å²) < 4.78 is 43.2. The lowest BCUT2D eigenvalue weighted by Gasteiger charge is -2.53. The summed E-state index contributed by atoms with van der Waals surface area (Å²) in [6, 6.07) is 21.2. The highest BCUT2D eigenvalue weighted by molar-refractivity contribution is 5.85. The first-order valence-corrected chi connectivity index (χ1v) is 16.2. The van der Waals surface area contributed by atoms with E-state index in [-0.39, 0.29) is 60.5 Å². The predicted molar refractivity (Wildman–Crippen MR) is 184 cm³/mol. The molecule has 2 aliphatic heterocycles. The third-order valence-corrected chi connectivity index (χ3v) is 9.26. The molecule has 0 N–H and O–H groups in total. The van der Waals surface area contributed by atoms with Crippen LogP contribution in [0.15, 0.2) is 60.7 Å². The van der Waals surface area contributed by atoms with Gasteiger partial charge in [-0.2, -0.15) is 9.97 Å². The Bertz CT molecular complexity index is 1420. The maximum atomic E-state index is 13.3.